The number of rotatable bonds is 6. The Morgan fingerprint density at radius 2 is 1.81 bits per heavy atom. The van der Waals surface area contributed by atoms with E-state index in [0.717, 1.165) is 18.0 Å². The molecule has 1 heterocycles. The molecule has 1 aromatic carbocycles. The molecule has 21 heavy (non-hydrogen) atoms. The monoisotopic (exact) mass is 292 g/mol. The summed E-state index contributed by atoms with van der Waals surface area (Å²) >= 11 is 0. The highest BCUT2D eigenvalue weighted by Crippen LogP contribution is 2.30. The summed E-state index contributed by atoms with van der Waals surface area (Å²) in [7, 11) is 5.42. The Kier molecular flexibility index (Phi) is 6.33. The third-order valence-electron chi connectivity index (χ3n) is 4.30. The first-order valence-electron chi connectivity index (χ1n) is 7.90. The highest BCUT2D eigenvalue weighted by Gasteiger charge is 2.19. The van der Waals surface area contributed by atoms with Crippen LogP contribution in [-0.4, -0.2) is 45.8 Å². The van der Waals surface area contributed by atoms with E-state index in [4.69, 9.17) is 9.47 Å². The zero-order chi connectivity index (χ0) is 15.1. The van der Waals surface area contributed by atoms with Gasteiger partial charge in [0.2, 0.25) is 0 Å². The van der Waals surface area contributed by atoms with Crippen molar-refractivity contribution in [2.45, 2.75) is 31.7 Å². The average Bonchev–Trinajstić information content (AvgIpc) is 2.80. The second kappa shape index (κ2) is 8.25. The molecular weight excluding hydrogens is 264 g/mol. The van der Waals surface area contributed by atoms with E-state index in [0.29, 0.717) is 0 Å². The fraction of sp³-hybridized carbons (Fsp3) is 0.647. The molecule has 1 aromatic rings. The number of benzene rings is 1. The number of likely N-dealkylation sites (N-methyl/N-ethyl adjacent to an activating group) is 1. The number of likely N-dealkylation sites (tertiary alicyclic amines) is 1. The van der Waals surface area contributed by atoms with Crippen molar-refractivity contribution in [2.24, 2.45) is 0 Å². The lowest BCUT2D eigenvalue weighted by Crippen LogP contribution is -2.34. The van der Waals surface area contributed by atoms with Crippen molar-refractivity contribution in [3.8, 4) is 11.5 Å². The minimum Gasteiger partial charge on any atom is -0.497 e. The van der Waals surface area contributed by atoms with E-state index in [1.807, 2.05) is 19.2 Å². The predicted octanol–water partition coefficient (Wildman–Crippen LogP) is 2.84. The fourth-order valence-corrected chi connectivity index (χ4v) is 3.03. The second-order valence-corrected chi connectivity index (χ2v) is 5.66. The number of nitrogens with one attached hydrogen (secondary N) is 1. The Morgan fingerprint density at radius 3 is 2.38 bits per heavy atom. The smallest absolute Gasteiger partial charge is 0.127 e. The Bertz CT molecular complexity index is 429. The van der Waals surface area contributed by atoms with Crippen molar-refractivity contribution in [3.05, 3.63) is 23.8 Å². The van der Waals surface area contributed by atoms with Crippen molar-refractivity contribution >= 4 is 0 Å². The Balaban J connectivity index is 2.12. The lowest BCUT2D eigenvalue weighted by Gasteiger charge is -2.27. The first-order chi connectivity index (χ1) is 10.3. The average molecular weight is 292 g/mol. The van der Waals surface area contributed by atoms with Gasteiger partial charge in [-0.15, -0.1) is 0 Å². The highest BCUT2D eigenvalue weighted by atomic mass is 16.5. The molecule has 0 aromatic heterocycles. The molecular formula is C17H28N2O2. The lowest BCUT2D eigenvalue weighted by atomic mass is 10.0. The van der Waals surface area contributed by atoms with Gasteiger partial charge in [0.05, 0.1) is 14.2 Å². The molecule has 0 saturated carbocycles. The number of ether oxygens (including phenoxy) is 2. The number of nitrogens with zero attached hydrogens (tertiary/aromatic N) is 1. The van der Waals surface area contributed by atoms with Crippen LogP contribution in [0.25, 0.3) is 0 Å². The van der Waals surface area contributed by atoms with Gasteiger partial charge in [0.15, 0.2) is 0 Å². The summed E-state index contributed by atoms with van der Waals surface area (Å²) in [4.78, 5) is 2.57. The van der Waals surface area contributed by atoms with Gasteiger partial charge < -0.3 is 19.7 Å². The van der Waals surface area contributed by atoms with Gasteiger partial charge in [0.25, 0.3) is 0 Å². The van der Waals surface area contributed by atoms with Crippen LogP contribution in [0.2, 0.25) is 0 Å². The van der Waals surface area contributed by atoms with Crippen LogP contribution >= 0.6 is 0 Å². The number of methoxy groups -OCH3 is 2. The quantitative estimate of drug-likeness (QED) is 0.874. The van der Waals surface area contributed by atoms with Gasteiger partial charge in [-0.2, -0.15) is 0 Å². The third-order valence-corrected chi connectivity index (χ3v) is 4.30. The fourth-order valence-electron chi connectivity index (χ4n) is 3.03. The topological polar surface area (TPSA) is 33.7 Å². The highest BCUT2D eigenvalue weighted by molar-refractivity contribution is 5.42. The van der Waals surface area contributed by atoms with Crippen LogP contribution in [0.3, 0.4) is 0 Å². The Morgan fingerprint density at radius 1 is 1.10 bits per heavy atom. The van der Waals surface area contributed by atoms with Crippen LogP contribution < -0.4 is 14.8 Å². The maximum atomic E-state index is 5.55. The largest absolute Gasteiger partial charge is 0.497 e. The summed E-state index contributed by atoms with van der Waals surface area (Å²) in [5, 5.41) is 3.44. The molecule has 0 bridgehead atoms. The summed E-state index contributed by atoms with van der Waals surface area (Å²) in [5.74, 6) is 1.73. The molecule has 118 valence electrons. The van der Waals surface area contributed by atoms with Crippen LogP contribution in [0, 0.1) is 0 Å². The van der Waals surface area contributed by atoms with E-state index in [1.54, 1.807) is 14.2 Å². The van der Waals surface area contributed by atoms with Gasteiger partial charge in [-0.05, 0) is 39.0 Å². The molecule has 0 spiro atoms. The molecule has 1 aliphatic heterocycles. The van der Waals surface area contributed by atoms with Crippen LogP contribution in [-0.2, 0) is 0 Å². The van der Waals surface area contributed by atoms with E-state index >= 15 is 0 Å². The van der Waals surface area contributed by atoms with E-state index in [9.17, 15) is 0 Å². The molecule has 4 nitrogen and oxygen atoms in total. The lowest BCUT2D eigenvalue weighted by molar-refractivity contribution is 0.253. The van der Waals surface area contributed by atoms with E-state index in [1.165, 1.54) is 44.3 Å². The minimum atomic E-state index is 0.281. The minimum absolute atomic E-state index is 0.281. The summed E-state index contributed by atoms with van der Waals surface area (Å²) in [5.41, 5.74) is 1.20. The standard InChI is InChI=1S/C17H28N2O2/c1-18-16(13-19-10-6-4-5-7-11-19)15-9-8-14(20-2)12-17(15)21-3/h8-9,12,16,18H,4-7,10-11,13H2,1-3H3. The molecule has 2 rings (SSSR count). The summed E-state index contributed by atoms with van der Waals surface area (Å²) in [6, 6.07) is 6.35. The zero-order valence-corrected chi connectivity index (χ0v) is 13.5. The van der Waals surface area contributed by atoms with E-state index in [-0.39, 0.29) is 6.04 Å². The maximum absolute atomic E-state index is 5.55. The first kappa shape index (κ1) is 16.1. The SMILES string of the molecule is CNC(CN1CCCCCC1)c1ccc(OC)cc1OC. The zero-order valence-electron chi connectivity index (χ0n) is 13.5. The van der Waals surface area contributed by atoms with Gasteiger partial charge in [-0.3, -0.25) is 0 Å². The number of hydrogen-bond donors (Lipinski definition) is 1. The normalized spacial score (nSPS) is 18.0. The van der Waals surface area contributed by atoms with Crippen LogP contribution in [0.15, 0.2) is 18.2 Å². The van der Waals surface area contributed by atoms with Gasteiger partial charge in [-0.1, -0.05) is 18.9 Å². The predicted molar refractivity (Wildman–Crippen MR) is 86.3 cm³/mol. The van der Waals surface area contributed by atoms with Gasteiger partial charge in [0.1, 0.15) is 11.5 Å². The Hall–Kier alpha value is -1.26. The van der Waals surface area contributed by atoms with Crippen molar-refractivity contribution < 1.29 is 9.47 Å². The van der Waals surface area contributed by atoms with Gasteiger partial charge in [0, 0.05) is 24.2 Å². The van der Waals surface area contributed by atoms with Crippen LogP contribution in [0.1, 0.15) is 37.3 Å². The van der Waals surface area contributed by atoms with Crippen molar-refractivity contribution in [2.75, 3.05) is 40.9 Å². The molecule has 1 atom stereocenters. The molecule has 1 aliphatic rings. The van der Waals surface area contributed by atoms with E-state index in [2.05, 4.69) is 16.3 Å². The molecule has 1 saturated heterocycles. The maximum Gasteiger partial charge on any atom is 0.127 e. The summed E-state index contributed by atoms with van der Waals surface area (Å²) in [6.45, 7) is 3.44. The van der Waals surface area contributed by atoms with Crippen molar-refractivity contribution in [1.29, 1.82) is 0 Å². The van der Waals surface area contributed by atoms with Crippen molar-refractivity contribution in [1.82, 2.24) is 10.2 Å². The van der Waals surface area contributed by atoms with Gasteiger partial charge >= 0.3 is 0 Å². The van der Waals surface area contributed by atoms with Crippen LogP contribution in [0.4, 0.5) is 0 Å². The molecule has 0 aliphatic carbocycles. The number of hydrogen-bond acceptors (Lipinski definition) is 4. The molecule has 1 N–H and O–H groups in total. The summed E-state index contributed by atoms with van der Waals surface area (Å²) < 4.78 is 10.8. The van der Waals surface area contributed by atoms with Crippen LogP contribution in [0.5, 0.6) is 11.5 Å². The molecule has 0 amide bonds. The third kappa shape index (κ3) is 4.35. The first-order valence-corrected chi connectivity index (χ1v) is 7.90. The van der Waals surface area contributed by atoms with Gasteiger partial charge in [-0.25, -0.2) is 0 Å². The Labute approximate surface area is 128 Å². The molecule has 0 radical (unpaired) electrons. The molecule has 1 unspecified atom stereocenters. The van der Waals surface area contributed by atoms with E-state index < -0.39 is 0 Å². The molecule has 1 fully saturated rings. The van der Waals surface area contributed by atoms with Crippen molar-refractivity contribution in [3.63, 3.8) is 0 Å². The summed E-state index contributed by atoms with van der Waals surface area (Å²) in [6.07, 6.45) is 5.37. The second-order valence-electron chi connectivity index (χ2n) is 5.66. The molecule has 4 heteroatoms.